The van der Waals surface area contributed by atoms with Crippen LogP contribution in [0, 0.1) is 0 Å². The molecule has 0 saturated carbocycles. The molecule has 2 atom stereocenters. The lowest BCUT2D eigenvalue weighted by molar-refractivity contribution is -0.145. The van der Waals surface area contributed by atoms with Crippen molar-refractivity contribution in [2.45, 2.75) is 24.7 Å². The maximum absolute atomic E-state index is 12.4. The number of hydrogen-bond acceptors (Lipinski definition) is 5. The third kappa shape index (κ3) is 3.23. The fourth-order valence-corrected chi connectivity index (χ4v) is 2.49. The van der Waals surface area contributed by atoms with Gasteiger partial charge in [-0.25, -0.2) is 15.0 Å². The van der Waals surface area contributed by atoms with Gasteiger partial charge in [0.1, 0.15) is 11.9 Å². The fraction of sp³-hybridized carbons (Fsp3) is 0.429. The largest absolute Gasteiger partial charge is 0.451 e. The molecule has 2 aromatic heterocycles. The third-order valence-corrected chi connectivity index (χ3v) is 3.69. The number of nitrogens with zero attached hydrogens (tertiary/aromatic N) is 4. The van der Waals surface area contributed by atoms with Crippen LogP contribution in [0.3, 0.4) is 0 Å². The van der Waals surface area contributed by atoms with Crippen molar-refractivity contribution < 1.29 is 22.7 Å². The van der Waals surface area contributed by atoms with Crippen molar-refractivity contribution in [3.8, 4) is 0 Å². The zero-order valence-corrected chi connectivity index (χ0v) is 12.6. The average Bonchev–Trinajstić information content (AvgIpc) is 3.15. The molecule has 10 heteroatoms. The summed E-state index contributed by atoms with van der Waals surface area (Å²) in [7, 11) is 1.81. The van der Waals surface area contributed by atoms with Gasteiger partial charge in [-0.05, 0) is 6.42 Å². The van der Waals surface area contributed by atoms with Crippen LogP contribution in [0.15, 0.2) is 24.8 Å². The molecule has 0 aromatic carbocycles. The number of halogens is 3. The molecule has 2 aromatic rings. The molecule has 1 amide bonds. The number of alkyl halides is 3. The van der Waals surface area contributed by atoms with Crippen molar-refractivity contribution in [3.63, 3.8) is 0 Å². The predicted molar refractivity (Wildman–Crippen MR) is 74.8 cm³/mol. The minimum absolute atomic E-state index is 0.0477. The number of imidazole rings is 1. The number of nitrogens with one attached hydrogen (secondary N) is 1. The number of hydrogen-bond donors (Lipinski definition) is 1. The molecule has 0 bridgehead atoms. The molecule has 0 radical (unpaired) electrons. The SMILES string of the molecule is Cn1ccnc1[C@H]1OCC[C@@H]1NC(=O)c1cnc(C(F)(F)F)nc1. The van der Waals surface area contributed by atoms with Gasteiger partial charge in [-0.3, -0.25) is 4.79 Å². The second-order valence-electron chi connectivity index (χ2n) is 5.35. The Morgan fingerprint density at radius 2 is 2.04 bits per heavy atom. The smallest absolute Gasteiger partial charge is 0.368 e. The topological polar surface area (TPSA) is 81.9 Å². The predicted octanol–water partition coefficient (Wildman–Crippen LogP) is 1.49. The van der Waals surface area contributed by atoms with Gasteiger partial charge in [0.2, 0.25) is 5.82 Å². The zero-order valence-electron chi connectivity index (χ0n) is 12.6. The number of carbonyl (C=O) groups excluding carboxylic acids is 1. The molecular weight excluding hydrogens is 327 g/mol. The number of amides is 1. The van der Waals surface area contributed by atoms with Crippen molar-refractivity contribution in [2.24, 2.45) is 7.05 Å². The maximum atomic E-state index is 12.4. The lowest BCUT2D eigenvalue weighted by Crippen LogP contribution is -2.37. The van der Waals surface area contributed by atoms with E-state index in [1.54, 1.807) is 17.0 Å². The Morgan fingerprint density at radius 1 is 1.33 bits per heavy atom. The van der Waals surface area contributed by atoms with Crippen molar-refractivity contribution in [3.05, 3.63) is 42.0 Å². The standard InChI is InChI=1S/C14H14F3N5O2/c1-22-4-3-18-11(22)10-9(2-5-24-10)21-12(23)8-6-19-13(20-7-8)14(15,16)17/h3-4,6-7,9-10H,2,5H2,1H3,(H,21,23)/t9-,10-/m0/s1. The Bertz CT molecular complexity index is 729. The fourth-order valence-electron chi connectivity index (χ4n) is 2.49. The lowest BCUT2D eigenvalue weighted by Gasteiger charge is -2.19. The van der Waals surface area contributed by atoms with Gasteiger partial charge < -0.3 is 14.6 Å². The van der Waals surface area contributed by atoms with Gasteiger partial charge in [-0.1, -0.05) is 0 Å². The first kappa shape index (κ1) is 16.4. The number of aryl methyl sites for hydroxylation is 1. The minimum Gasteiger partial charge on any atom is -0.368 e. The van der Waals surface area contributed by atoms with E-state index in [1.807, 2.05) is 7.05 Å². The second-order valence-corrected chi connectivity index (χ2v) is 5.35. The van der Waals surface area contributed by atoms with Crippen LogP contribution in [0.4, 0.5) is 13.2 Å². The number of ether oxygens (including phenoxy) is 1. The summed E-state index contributed by atoms with van der Waals surface area (Å²) in [5.41, 5.74) is -0.0477. The Balaban J connectivity index is 1.71. The first-order chi connectivity index (χ1) is 11.4. The van der Waals surface area contributed by atoms with Crippen LogP contribution in [-0.2, 0) is 18.0 Å². The average molecular weight is 341 g/mol. The van der Waals surface area contributed by atoms with Crippen LogP contribution in [0.2, 0.25) is 0 Å². The van der Waals surface area contributed by atoms with Gasteiger partial charge in [-0.2, -0.15) is 13.2 Å². The van der Waals surface area contributed by atoms with Crippen molar-refractivity contribution in [1.29, 1.82) is 0 Å². The van der Waals surface area contributed by atoms with E-state index in [0.717, 1.165) is 12.4 Å². The van der Waals surface area contributed by atoms with E-state index in [-0.39, 0.29) is 11.6 Å². The summed E-state index contributed by atoms with van der Waals surface area (Å²) < 4.78 is 44.7. The van der Waals surface area contributed by atoms with E-state index >= 15 is 0 Å². The molecule has 1 aliphatic rings. The molecule has 1 aliphatic heterocycles. The molecule has 0 unspecified atom stereocenters. The molecular formula is C14H14F3N5O2. The number of aromatic nitrogens is 4. The molecule has 1 saturated heterocycles. The van der Waals surface area contributed by atoms with Gasteiger partial charge in [-0.15, -0.1) is 0 Å². The Morgan fingerprint density at radius 3 is 2.62 bits per heavy atom. The highest BCUT2D eigenvalue weighted by atomic mass is 19.4. The highest BCUT2D eigenvalue weighted by Gasteiger charge is 2.36. The van der Waals surface area contributed by atoms with Gasteiger partial charge in [0.25, 0.3) is 5.91 Å². The Kier molecular flexibility index (Phi) is 4.22. The quantitative estimate of drug-likeness (QED) is 0.915. The maximum Gasteiger partial charge on any atom is 0.451 e. The summed E-state index contributed by atoms with van der Waals surface area (Å²) in [6.07, 6.45) is 0.624. The molecule has 24 heavy (non-hydrogen) atoms. The van der Waals surface area contributed by atoms with Gasteiger partial charge in [0.05, 0.1) is 11.6 Å². The van der Waals surface area contributed by atoms with Crippen LogP contribution in [-0.4, -0.2) is 38.1 Å². The molecule has 7 nitrogen and oxygen atoms in total. The van der Waals surface area contributed by atoms with Crippen LogP contribution >= 0.6 is 0 Å². The molecule has 3 rings (SSSR count). The van der Waals surface area contributed by atoms with E-state index in [1.165, 1.54) is 0 Å². The monoisotopic (exact) mass is 341 g/mol. The Labute approximate surface area is 134 Å². The van der Waals surface area contributed by atoms with Crippen molar-refractivity contribution in [2.75, 3.05) is 6.61 Å². The van der Waals surface area contributed by atoms with Crippen LogP contribution in [0.25, 0.3) is 0 Å². The molecule has 0 aliphatic carbocycles. The van der Waals surface area contributed by atoms with E-state index in [0.29, 0.717) is 18.9 Å². The Hall–Kier alpha value is -2.49. The summed E-state index contributed by atoms with van der Waals surface area (Å²) in [5, 5.41) is 2.74. The molecule has 1 N–H and O–H groups in total. The lowest BCUT2D eigenvalue weighted by atomic mass is 10.1. The molecule has 128 valence electrons. The van der Waals surface area contributed by atoms with E-state index < -0.39 is 24.0 Å². The molecule has 3 heterocycles. The summed E-state index contributed by atoms with van der Waals surface area (Å²) in [6, 6.07) is -0.333. The zero-order chi connectivity index (χ0) is 17.3. The first-order valence-corrected chi connectivity index (χ1v) is 7.15. The van der Waals surface area contributed by atoms with Gasteiger partial charge in [0.15, 0.2) is 0 Å². The summed E-state index contributed by atoms with van der Waals surface area (Å²) in [5.74, 6) is -1.17. The van der Waals surface area contributed by atoms with Crippen LogP contribution in [0.1, 0.15) is 34.5 Å². The van der Waals surface area contributed by atoms with Crippen LogP contribution in [0.5, 0.6) is 0 Å². The number of rotatable bonds is 3. The minimum atomic E-state index is -4.64. The second kappa shape index (κ2) is 6.19. The highest BCUT2D eigenvalue weighted by molar-refractivity contribution is 5.93. The molecule has 1 fully saturated rings. The normalized spacial score (nSPS) is 21.0. The van der Waals surface area contributed by atoms with Gasteiger partial charge >= 0.3 is 6.18 Å². The van der Waals surface area contributed by atoms with Gasteiger partial charge in [0, 0.05) is 38.4 Å². The van der Waals surface area contributed by atoms with E-state index in [4.69, 9.17) is 4.74 Å². The summed E-state index contributed by atoms with van der Waals surface area (Å²) in [4.78, 5) is 22.8. The van der Waals surface area contributed by atoms with E-state index in [9.17, 15) is 18.0 Å². The highest BCUT2D eigenvalue weighted by Crippen LogP contribution is 2.28. The number of carbonyl (C=O) groups is 1. The third-order valence-electron chi connectivity index (χ3n) is 3.69. The molecule has 0 spiro atoms. The first-order valence-electron chi connectivity index (χ1n) is 7.15. The van der Waals surface area contributed by atoms with Crippen LogP contribution < -0.4 is 5.32 Å². The van der Waals surface area contributed by atoms with Crippen molar-refractivity contribution in [1.82, 2.24) is 24.8 Å². The summed E-state index contributed by atoms with van der Waals surface area (Å²) >= 11 is 0. The van der Waals surface area contributed by atoms with E-state index in [2.05, 4.69) is 20.3 Å². The summed E-state index contributed by atoms with van der Waals surface area (Å²) in [6.45, 7) is 0.450. The van der Waals surface area contributed by atoms with Crippen molar-refractivity contribution >= 4 is 5.91 Å².